The van der Waals surface area contributed by atoms with Gasteiger partial charge in [0.25, 0.3) is 0 Å². The van der Waals surface area contributed by atoms with Crippen LogP contribution in [0.15, 0.2) is 0 Å². The summed E-state index contributed by atoms with van der Waals surface area (Å²) in [6, 6.07) is 0. The minimum absolute atomic E-state index is 0.443. The fourth-order valence-corrected chi connectivity index (χ4v) is 2.95. The minimum Gasteiger partial charge on any atom is -0.316 e. The zero-order valence-electron chi connectivity index (χ0n) is 10.3. The first-order chi connectivity index (χ1) is 7.22. The van der Waals surface area contributed by atoms with Crippen molar-refractivity contribution in [3.8, 4) is 0 Å². The van der Waals surface area contributed by atoms with Crippen molar-refractivity contribution >= 4 is 11.6 Å². The Labute approximate surface area is 100.0 Å². The van der Waals surface area contributed by atoms with E-state index < -0.39 is 0 Å². The summed E-state index contributed by atoms with van der Waals surface area (Å²) in [7, 11) is 0. The van der Waals surface area contributed by atoms with E-state index in [9.17, 15) is 0 Å². The Balaban J connectivity index is 2.03. The molecule has 0 aliphatic heterocycles. The first kappa shape index (κ1) is 13.3. The molecular weight excluding hydrogens is 206 g/mol. The molecule has 1 rings (SSSR count). The van der Waals surface area contributed by atoms with Gasteiger partial charge in [-0.15, -0.1) is 11.6 Å². The van der Waals surface area contributed by atoms with Gasteiger partial charge in [0, 0.05) is 5.38 Å². The molecule has 0 aromatic heterocycles. The SMILES string of the molecule is CCCC(C)CNCC1CCCC(Cl)C1. The quantitative estimate of drug-likeness (QED) is 0.686. The van der Waals surface area contributed by atoms with Gasteiger partial charge >= 0.3 is 0 Å². The molecule has 3 unspecified atom stereocenters. The third-order valence-corrected chi connectivity index (χ3v) is 3.82. The Hall–Kier alpha value is 0.250. The summed E-state index contributed by atoms with van der Waals surface area (Å²) in [5.74, 6) is 1.65. The van der Waals surface area contributed by atoms with Crippen LogP contribution in [-0.2, 0) is 0 Å². The van der Waals surface area contributed by atoms with Gasteiger partial charge < -0.3 is 5.32 Å². The molecule has 90 valence electrons. The lowest BCUT2D eigenvalue weighted by atomic mass is 9.89. The van der Waals surface area contributed by atoms with E-state index in [4.69, 9.17) is 11.6 Å². The van der Waals surface area contributed by atoms with Crippen molar-refractivity contribution in [2.24, 2.45) is 11.8 Å². The Morgan fingerprint density at radius 2 is 2.20 bits per heavy atom. The van der Waals surface area contributed by atoms with Crippen molar-refractivity contribution < 1.29 is 0 Å². The van der Waals surface area contributed by atoms with Gasteiger partial charge in [0.2, 0.25) is 0 Å². The second kappa shape index (κ2) is 7.51. The number of hydrogen-bond acceptors (Lipinski definition) is 1. The van der Waals surface area contributed by atoms with Crippen LogP contribution in [0.1, 0.15) is 52.4 Å². The van der Waals surface area contributed by atoms with E-state index >= 15 is 0 Å². The highest BCUT2D eigenvalue weighted by Gasteiger charge is 2.19. The summed E-state index contributed by atoms with van der Waals surface area (Å²) in [6.07, 6.45) is 7.79. The molecule has 0 radical (unpaired) electrons. The molecule has 0 aromatic rings. The lowest BCUT2D eigenvalue weighted by Crippen LogP contribution is -2.30. The van der Waals surface area contributed by atoms with Gasteiger partial charge in [-0.05, 0) is 50.6 Å². The van der Waals surface area contributed by atoms with Crippen LogP contribution in [0.5, 0.6) is 0 Å². The Morgan fingerprint density at radius 1 is 1.40 bits per heavy atom. The average molecular weight is 232 g/mol. The van der Waals surface area contributed by atoms with Crippen LogP contribution in [0.2, 0.25) is 0 Å². The van der Waals surface area contributed by atoms with Crippen molar-refractivity contribution in [3.63, 3.8) is 0 Å². The molecule has 0 saturated heterocycles. The summed E-state index contributed by atoms with van der Waals surface area (Å²) in [4.78, 5) is 0. The first-order valence-electron chi connectivity index (χ1n) is 6.57. The summed E-state index contributed by atoms with van der Waals surface area (Å²) in [6.45, 7) is 6.95. The maximum atomic E-state index is 6.17. The molecular formula is C13H26ClN. The van der Waals surface area contributed by atoms with Crippen molar-refractivity contribution in [2.45, 2.75) is 57.7 Å². The average Bonchev–Trinajstić information content (AvgIpc) is 2.18. The molecule has 1 N–H and O–H groups in total. The van der Waals surface area contributed by atoms with E-state index in [0.29, 0.717) is 5.38 Å². The van der Waals surface area contributed by atoms with E-state index in [0.717, 1.165) is 11.8 Å². The van der Waals surface area contributed by atoms with Gasteiger partial charge in [0.15, 0.2) is 0 Å². The summed E-state index contributed by atoms with van der Waals surface area (Å²) in [5.41, 5.74) is 0. The van der Waals surface area contributed by atoms with Gasteiger partial charge in [-0.2, -0.15) is 0 Å². The van der Waals surface area contributed by atoms with E-state index in [1.165, 1.54) is 51.6 Å². The normalized spacial score (nSPS) is 29.0. The standard InChI is InChI=1S/C13H26ClN/c1-3-5-11(2)9-15-10-12-6-4-7-13(14)8-12/h11-13,15H,3-10H2,1-2H3. The molecule has 0 aromatic carbocycles. The van der Waals surface area contributed by atoms with E-state index in [-0.39, 0.29) is 0 Å². The molecule has 2 heteroatoms. The summed E-state index contributed by atoms with van der Waals surface area (Å²) in [5, 5.41) is 4.04. The number of hydrogen-bond donors (Lipinski definition) is 1. The largest absolute Gasteiger partial charge is 0.316 e. The zero-order valence-corrected chi connectivity index (χ0v) is 11.0. The van der Waals surface area contributed by atoms with Crippen LogP contribution in [0.25, 0.3) is 0 Å². The van der Waals surface area contributed by atoms with Gasteiger partial charge in [-0.1, -0.05) is 26.7 Å². The first-order valence-corrected chi connectivity index (χ1v) is 7.00. The van der Waals surface area contributed by atoms with Crippen LogP contribution < -0.4 is 5.32 Å². The Morgan fingerprint density at radius 3 is 2.87 bits per heavy atom. The maximum absolute atomic E-state index is 6.17. The summed E-state index contributed by atoms with van der Waals surface area (Å²) < 4.78 is 0. The Bertz CT molecular complexity index is 161. The third-order valence-electron chi connectivity index (χ3n) is 3.43. The molecule has 1 nitrogen and oxygen atoms in total. The number of halogens is 1. The highest BCUT2D eigenvalue weighted by Crippen LogP contribution is 2.27. The smallest absolute Gasteiger partial charge is 0.0339 e. The van der Waals surface area contributed by atoms with Crippen molar-refractivity contribution in [1.82, 2.24) is 5.32 Å². The molecule has 0 bridgehead atoms. The van der Waals surface area contributed by atoms with E-state index in [1.54, 1.807) is 0 Å². The number of alkyl halides is 1. The minimum atomic E-state index is 0.443. The lowest BCUT2D eigenvalue weighted by Gasteiger charge is -2.26. The second-order valence-electron chi connectivity index (χ2n) is 5.18. The van der Waals surface area contributed by atoms with Crippen molar-refractivity contribution in [3.05, 3.63) is 0 Å². The number of nitrogens with one attached hydrogen (secondary N) is 1. The monoisotopic (exact) mass is 231 g/mol. The van der Waals surface area contributed by atoms with Crippen LogP contribution in [0.3, 0.4) is 0 Å². The zero-order chi connectivity index (χ0) is 11.1. The van der Waals surface area contributed by atoms with Crippen molar-refractivity contribution in [1.29, 1.82) is 0 Å². The lowest BCUT2D eigenvalue weighted by molar-refractivity contribution is 0.336. The van der Waals surface area contributed by atoms with Crippen molar-refractivity contribution in [2.75, 3.05) is 13.1 Å². The van der Waals surface area contributed by atoms with Crippen LogP contribution in [-0.4, -0.2) is 18.5 Å². The highest BCUT2D eigenvalue weighted by atomic mass is 35.5. The van der Waals surface area contributed by atoms with Gasteiger partial charge in [-0.25, -0.2) is 0 Å². The predicted octanol–water partition coefficient (Wildman–Crippen LogP) is 3.81. The molecule has 1 saturated carbocycles. The molecule has 3 atom stereocenters. The van der Waals surface area contributed by atoms with Crippen LogP contribution in [0.4, 0.5) is 0 Å². The Kier molecular flexibility index (Phi) is 6.67. The fraction of sp³-hybridized carbons (Fsp3) is 1.00. The molecule has 0 spiro atoms. The number of rotatable bonds is 6. The van der Waals surface area contributed by atoms with Gasteiger partial charge in [-0.3, -0.25) is 0 Å². The van der Waals surface area contributed by atoms with Crippen LogP contribution in [0, 0.1) is 11.8 Å². The fourth-order valence-electron chi connectivity index (χ4n) is 2.54. The van der Waals surface area contributed by atoms with E-state index in [1.807, 2.05) is 0 Å². The molecule has 1 fully saturated rings. The topological polar surface area (TPSA) is 12.0 Å². The third kappa shape index (κ3) is 5.77. The molecule has 0 heterocycles. The van der Waals surface area contributed by atoms with Gasteiger partial charge in [0.05, 0.1) is 0 Å². The predicted molar refractivity (Wildman–Crippen MR) is 68.5 cm³/mol. The second-order valence-corrected chi connectivity index (χ2v) is 5.80. The molecule has 1 aliphatic rings. The van der Waals surface area contributed by atoms with E-state index in [2.05, 4.69) is 19.2 Å². The highest BCUT2D eigenvalue weighted by molar-refractivity contribution is 6.20. The maximum Gasteiger partial charge on any atom is 0.0339 e. The van der Waals surface area contributed by atoms with Crippen LogP contribution >= 0.6 is 11.6 Å². The summed E-state index contributed by atoms with van der Waals surface area (Å²) >= 11 is 6.17. The molecule has 15 heavy (non-hydrogen) atoms. The molecule has 0 amide bonds. The molecule has 1 aliphatic carbocycles. The van der Waals surface area contributed by atoms with Gasteiger partial charge in [0.1, 0.15) is 0 Å².